The molecule has 1 aliphatic rings. The summed E-state index contributed by atoms with van der Waals surface area (Å²) in [5.74, 6) is -0.396. The van der Waals surface area contributed by atoms with Gasteiger partial charge in [0, 0.05) is 12.1 Å². The summed E-state index contributed by atoms with van der Waals surface area (Å²) in [5, 5.41) is 9.08. The summed E-state index contributed by atoms with van der Waals surface area (Å²) < 4.78 is 0. The topological polar surface area (TPSA) is 57.6 Å². The number of carbonyl (C=O) groups excluding carboxylic acids is 1. The summed E-state index contributed by atoms with van der Waals surface area (Å²) in [6, 6.07) is 19.2. The predicted octanol–water partition coefficient (Wildman–Crippen LogP) is 3.30. The molecule has 1 saturated carbocycles. The Morgan fingerprint density at radius 1 is 1.00 bits per heavy atom. The van der Waals surface area contributed by atoms with E-state index in [0.29, 0.717) is 23.9 Å². The molecule has 1 N–H and O–H groups in total. The molecule has 2 aromatic rings. The van der Waals surface area contributed by atoms with Crippen LogP contribution in [-0.2, 0) is 9.59 Å². The van der Waals surface area contributed by atoms with E-state index in [9.17, 15) is 9.59 Å². The molecule has 0 heterocycles. The monoisotopic (exact) mass is 309 g/mol. The molecule has 1 aliphatic carbocycles. The Morgan fingerprint density at radius 2 is 1.61 bits per heavy atom. The molecule has 0 radical (unpaired) electrons. The van der Waals surface area contributed by atoms with Gasteiger partial charge in [-0.1, -0.05) is 48.5 Å². The third-order valence-corrected chi connectivity index (χ3v) is 4.25. The maximum atomic E-state index is 12.6. The van der Waals surface area contributed by atoms with Crippen LogP contribution >= 0.6 is 0 Å². The van der Waals surface area contributed by atoms with Gasteiger partial charge in [-0.2, -0.15) is 0 Å². The zero-order valence-electron chi connectivity index (χ0n) is 12.8. The first-order valence-corrected chi connectivity index (χ1v) is 7.77. The number of nitrogens with zero attached hydrogens (tertiary/aromatic N) is 1. The first kappa shape index (κ1) is 15.3. The molecule has 118 valence electrons. The lowest BCUT2D eigenvalue weighted by Gasteiger charge is -2.21. The Balaban J connectivity index is 1.67. The number of rotatable bonds is 6. The molecule has 1 fully saturated rings. The van der Waals surface area contributed by atoms with E-state index in [-0.39, 0.29) is 12.5 Å². The van der Waals surface area contributed by atoms with Gasteiger partial charge in [0.05, 0.1) is 0 Å². The van der Waals surface area contributed by atoms with Gasteiger partial charge in [0.15, 0.2) is 0 Å². The molecule has 0 spiro atoms. The number of carbonyl (C=O) groups is 2. The van der Waals surface area contributed by atoms with Crippen LogP contribution in [-0.4, -0.2) is 23.5 Å². The number of amides is 1. The number of carboxylic acid groups (broad SMARTS) is 1. The Kier molecular flexibility index (Phi) is 4.42. The molecule has 4 heteroatoms. The van der Waals surface area contributed by atoms with Gasteiger partial charge in [-0.15, -0.1) is 0 Å². The minimum absolute atomic E-state index is 0.123. The van der Waals surface area contributed by atoms with Crippen LogP contribution in [0.25, 0.3) is 0 Å². The first-order valence-electron chi connectivity index (χ1n) is 7.77. The van der Waals surface area contributed by atoms with E-state index in [2.05, 4.69) is 12.1 Å². The molecular formula is C19H19NO3. The number of benzene rings is 2. The van der Waals surface area contributed by atoms with Crippen molar-refractivity contribution in [3.05, 3.63) is 66.2 Å². The lowest BCUT2D eigenvalue weighted by molar-refractivity contribution is -0.136. The molecule has 0 bridgehead atoms. The van der Waals surface area contributed by atoms with Crippen LogP contribution in [0.2, 0.25) is 0 Å². The molecule has 2 aromatic carbocycles. The highest BCUT2D eigenvalue weighted by molar-refractivity contribution is 5.97. The van der Waals surface area contributed by atoms with Crippen LogP contribution in [0, 0.1) is 5.92 Å². The van der Waals surface area contributed by atoms with Gasteiger partial charge < -0.3 is 10.0 Å². The Hall–Kier alpha value is -2.62. The summed E-state index contributed by atoms with van der Waals surface area (Å²) in [7, 11) is 0. The summed E-state index contributed by atoms with van der Waals surface area (Å²) in [6.45, 7) is -0.300. The number of carboxylic acids is 1. The fourth-order valence-electron chi connectivity index (χ4n) is 2.98. The average Bonchev–Trinajstić information content (AvgIpc) is 3.33. The van der Waals surface area contributed by atoms with Crippen molar-refractivity contribution in [1.29, 1.82) is 0 Å². The minimum Gasteiger partial charge on any atom is -0.480 e. The lowest BCUT2D eigenvalue weighted by Crippen LogP contribution is -2.35. The van der Waals surface area contributed by atoms with E-state index in [1.54, 1.807) is 24.3 Å². The number of hydrogen-bond donors (Lipinski definition) is 1. The molecule has 3 rings (SSSR count). The molecule has 2 atom stereocenters. The van der Waals surface area contributed by atoms with Crippen LogP contribution in [0.3, 0.4) is 0 Å². The van der Waals surface area contributed by atoms with Crippen LogP contribution < -0.4 is 4.90 Å². The van der Waals surface area contributed by atoms with E-state index in [4.69, 9.17) is 5.11 Å². The van der Waals surface area contributed by atoms with Gasteiger partial charge in [0.1, 0.15) is 6.54 Å². The number of hydrogen-bond acceptors (Lipinski definition) is 2. The maximum Gasteiger partial charge on any atom is 0.323 e. The third kappa shape index (κ3) is 3.77. The fourth-order valence-corrected chi connectivity index (χ4v) is 2.98. The van der Waals surface area contributed by atoms with Crippen molar-refractivity contribution in [2.24, 2.45) is 5.92 Å². The van der Waals surface area contributed by atoms with E-state index in [1.165, 1.54) is 10.5 Å². The number of para-hydroxylation sites is 1. The zero-order valence-corrected chi connectivity index (χ0v) is 12.8. The summed E-state index contributed by atoms with van der Waals surface area (Å²) >= 11 is 0. The van der Waals surface area contributed by atoms with E-state index in [1.807, 2.05) is 24.3 Å². The predicted molar refractivity (Wildman–Crippen MR) is 88.3 cm³/mol. The number of anilines is 1. The van der Waals surface area contributed by atoms with Crippen LogP contribution in [0.1, 0.15) is 24.3 Å². The average molecular weight is 309 g/mol. The standard InChI is InChI=1S/C19H19NO3/c21-18(12-15-11-17(15)14-7-3-1-4-8-14)20(13-19(22)23)16-9-5-2-6-10-16/h1-10,15,17H,11-13H2,(H,22,23)/t15-,17-/m0/s1. The van der Waals surface area contributed by atoms with Gasteiger partial charge in [0.2, 0.25) is 5.91 Å². The first-order chi connectivity index (χ1) is 11.1. The molecule has 0 aliphatic heterocycles. The second-order valence-electron chi connectivity index (χ2n) is 5.93. The van der Waals surface area contributed by atoms with Crippen LogP contribution in [0.4, 0.5) is 5.69 Å². The van der Waals surface area contributed by atoms with Gasteiger partial charge in [-0.05, 0) is 36.0 Å². The summed E-state index contributed by atoms with van der Waals surface area (Å²) in [6.07, 6.45) is 1.38. The van der Waals surface area contributed by atoms with Crippen molar-refractivity contribution in [2.75, 3.05) is 11.4 Å². The number of aliphatic carboxylic acids is 1. The Bertz CT molecular complexity index is 684. The molecule has 0 aromatic heterocycles. The van der Waals surface area contributed by atoms with E-state index < -0.39 is 5.97 Å². The molecule has 4 nitrogen and oxygen atoms in total. The summed E-state index contributed by atoms with van der Waals surface area (Å²) in [5.41, 5.74) is 1.90. The van der Waals surface area contributed by atoms with Crippen molar-refractivity contribution in [2.45, 2.75) is 18.8 Å². The molecule has 0 unspecified atom stereocenters. The Morgan fingerprint density at radius 3 is 2.22 bits per heavy atom. The van der Waals surface area contributed by atoms with Crippen molar-refractivity contribution >= 4 is 17.6 Å². The zero-order chi connectivity index (χ0) is 16.2. The molecule has 0 saturated heterocycles. The highest BCUT2D eigenvalue weighted by Gasteiger charge is 2.40. The van der Waals surface area contributed by atoms with Gasteiger partial charge in [0.25, 0.3) is 0 Å². The SMILES string of the molecule is O=C(O)CN(C(=O)C[C@@H]1C[C@H]1c1ccccc1)c1ccccc1. The van der Waals surface area contributed by atoms with Crippen LogP contribution in [0.15, 0.2) is 60.7 Å². The molecule has 1 amide bonds. The van der Waals surface area contributed by atoms with Crippen molar-refractivity contribution in [3.8, 4) is 0 Å². The van der Waals surface area contributed by atoms with Crippen LogP contribution in [0.5, 0.6) is 0 Å². The van der Waals surface area contributed by atoms with Gasteiger partial charge in [-0.3, -0.25) is 9.59 Å². The van der Waals surface area contributed by atoms with E-state index in [0.717, 1.165) is 6.42 Å². The maximum absolute atomic E-state index is 12.6. The minimum atomic E-state index is -1.00. The highest BCUT2D eigenvalue weighted by atomic mass is 16.4. The van der Waals surface area contributed by atoms with Crippen molar-refractivity contribution < 1.29 is 14.7 Å². The third-order valence-electron chi connectivity index (χ3n) is 4.25. The molecular weight excluding hydrogens is 290 g/mol. The smallest absolute Gasteiger partial charge is 0.323 e. The quantitative estimate of drug-likeness (QED) is 0.890. The van der Waals surface area contributed by atoms with Gasteiger partial charge >= 0.3 is 5.97 Å². The summed E-state index contributed by atoms with van der Waals surface area (Å²) in [4.78, 5) is 25.0. The normalized spacial score (nSPS) is 19.1. The second kappa shape index (κ2) is 6.65. The van der Waals surface area contributed by atoms with Crippen molar-refractivity contribution in [1.82, 2.24) is 0 Å². The van der Waals surface area contributed by atoms with E-state index >= 15 is 0 Å². The fraction of sp³-hybridized carbons (Fsp3) is 0.263. The second-order valence-corrected chi connectivity index (χ2v) is 5.93. The largest absolute Gasteiger partial charge is 0.480 e. The molecule has 23 heavy (non-hydrogen) atoms. The lowest BCUT2D eigenvalue weighted by atomic mass is 10.1. The van der Waals surface area contributed by atoms with Crippen molar-refractivity contribution in [3.63, 3.8) is 0 Å². The Labute approximate surface area is 135 Å². The van der Waals surface area contributed by atoms with Gasteiger partial charge in [-0.25, -0.2) is 0 Å². The highest BCUT2D eigenvalue weighted by Crippen LogP contribution is 2.49.